The van der Waals surface area contributed by atoms with E-state index in [4.69, 9.17) is 9.47 Å². The summed E-state index contributed by atoms with van der Waals surface area (Å²) in [6, 6.07) is 0. The number of fused-ring (bicyclic) bond motifs is 8. The van der Waals surface area contributed by atoms with E-state index in [-0.39, 0.29) is 5.41 Å². The lowest BCUT2D eigenvalue weighted by molar-refractivity contribution is -0.116. The SMILES string of the molecule is [CH2]CC(C)(C)C[C]1OC2CCC(O1)C1CCCCCC(CCCCC1)C2. The van der Waals surface area contributed by atoms with Crippen LogP contribution >= 0.6 is 0 Å². The van der Waals surface area contributed by atoms with Crippen molar-refractivity contribution in [1.82, 2.24) is 0 Å². The molecule has 0 aromatic carbocycles. The van der Waals surface area contributed by atoms with Gasteiger partial charge in [0.1, 0.15) is 0 Å². The predicted molar refractivity (Wildman–Crippen MR) is 108 cm³/mol. The van der Waals surface area contributed by atoms with Crippen LogP contribution < -0.4 is 0 Å². The Morgan fingerprint density at radius 2 is 1.50 bits per heavy atom. The first-order valence-electron chi connectivity index (χ1n) is 11.5. The number of rotatable bonds is 3. The van der Waals surface area contributed by atoms with Gasteiger partial charge in [-0.2, -0.15) is 0 Å². The lowest BCUT2D eigenvalue weighted by Gasteiger charge is -2.32. The van der Waals surface area contributed by atoms with Gasteiger partial charge in [0.05, 0.1) is 12.2 Å². The molecule has 4 rings (SSSR count). The van der Waals surface area contributed by atoms with E-state index in [0.29, 0.717) is 12.2 Å². The van der Waals surface area contributed by atoms with Crippen LogP contribution in [0.5, 0.6) is 0 Å². The standard InChI is InChI=1S/C24H42O2/c1-4-24(2,3)18-23-25-21-15-16-22(26-23)20-13-9-5-7-11-19(17-21)12-8-6-10-14-20/h19-22H,1,4-18H2,2-3H3. The summed E-state index contributed by atoms with van der Waals surface area (Å²) in [5.41, 5.74) is 0.158. The van der Waals surface area contributed by atoms with E-state index in [0.717, 1.165) is 31.0 Å². The van der Waals surface area contributed by atoms with E-state index >= 15 is 0 Å². The minimum atomic E-state index is 0.158. The zero-order chi connectivity index (χ0) is 18.4. The maximum atomic E-state index is 6.62. The normalized spacial score (nSPS) is 35.7. The molecule has 4 bridgehead atoms. The second-order valence-corrected chi connectivity index (χ2v) is 10.1. The van der Waals surface area contributed by atoms with Gasteiger partial charge in [-0.3, -0.25) is 0 Å². The van der Waals surface area contributed by atoms with Crippen LogP contribution in [0.3, 0.4) is 0 Å². The molecular formula is C24H42O2. The average molecular weight is 363 g/mol. The van der Waals surface area contributed by atoms with Gasteiger partial charge in [-0.05, 0) is 55.8 Å². The van der Waals surface area contributed by atoms with Gasteiger partial charge in [0, 0.05) is 6.42 Å². The fraction of sp³-hybridized carbons (Fsp3) is 0.917. The van der Waals surface area contributed by atoms with Crippen molar-refractivity contribution in [2.45, 2.75) is 122 Å². The first-order valence-corrected chi connectivity index (χ1v) is 11.5. The molecular weight excluding hydrogens is 320 g/mol. The molecule has 1 aliphatic heterocycles. The molecule has 3 aliphatic carbocycles. The summed E-state index contributed by atoms with van der Waals surface area (Å²) in [5, 5.41) is 0. The molecule has 4 fully saturated rings. The third-order valence-corrected chi connectivity index (χ3v) is 7.15. The summed E-state index contributed by atoms with van der Waals surface area (Å²) in [7, 11) is 0. The zero-order valence-corrected chi connectivity index (χ0v) is 17.4. The molecule has 26 heavy (non-hydrogen) atoms. The molecule has 0 aromatic rings. The maximum absolute atomic E-state index is 6.62. The molecule has 2 atom stereocenters. The highest BCUT2D eigenvalue weighted by Crippen LogP contribution is 2.41. The Bertz CT molecular complexity index is 391. The number of ether oxygens (including phenoxy) is 2. The molecule has 2 radical (unpaired) electrons. The van der Waals surface area contributed by atoms with Gasteiger partial charge in [-0.25, -0.2) is 0 Å². The summed E-state index contributed by atoms with van der Waals surface area (Å²) in [6.07, 6.45) is 21.1. The minimum Gasteiger partial charge on any atom is -0.342 e. The van der Waals surface area contributed by atoms with Gasteiger partial charge in [-0.1, -0.05) is 72.1 Å². The molecule has 1 saturated heterocycles. The number of hydrogen-bond donors (Lipinski definition) is 0. The van der Waals surface area contributed by atoms with E-state index in [9.17, 15) is 0 Å². The quantitative estimate of drug-likeness (QED) is 0.527. The fourth-order valence-corrected chi connectivity index (χ4v) is 5.21. The van der Waals surface area contributed by atoms with Crippen LogP contribution in [0.2, 0.25) is 0 Å². The topological polar surface area (TPSA) is 18.5 Å². The van der Waals surface area contributed by atoms with Crippen molar-refractivity contribution in [3.63, 3.8) is 0 Å². The smallest absolute Gasteiger partial charge is 0.224 e. The van der Waals surface area contributed by atoms with E-state index in [2.05, 4.69) is 20.8 Å². The van der Waals surface area contributed by atoms with Crippen LogP contribution in [-0.2, 0) is 9.47 Å². The second kappa shape index (κ2) is 9.92. The highest BCUT2D eigenvalue weighted by atomic mass is 16.7. The van der Waals surface area contributed by atoms with Crippen LogP contribution in [0, 0.1) is 30.5 Å². The van der Waals surface area contributed by atoms with Crippen molar-refractivity contribution in [3.05, 3.63) is 13.2 Å². The highest BCUT2D eigenvalue weighted by molar-refractivity contribution is 4.88. The molecule has 1 heterocycles. The first kappa shape index (κ1) is 20.6. The summed E-state index contributed by atoms with van der Waals surface area (Å²) < 4.78 is 13.2. The molecule has 2 unspecified atom stereocenters. The Labute approximate surface area is 162 Å². The third kappa shape index (κ3) is 6.23. The Balaban J connectivity index is 1.80. The average Bonchev–Trinajstić information content (AvgIpc) is 2.76. The van der Waals surface area contributed by atoms with Crippen LogP contribution in [0.1, 0.15) is 110 Å². The van der Waals surface area contributed by atoms with Crippen molar-refractivity contribution in [1.29, 1.82) is 0 Å². The molecule has 0 aromatic heterocycles. The summed E-state index contributed by atoms with van der Waals surface area (Å²) in [5.74, 6) is 1.58. The maximum Gasteiger partial charge on any atom is 0.224 e. The van der Waals surface area contributed by atoms with E-state index in [1.165, 1.54) is 83.5 Å². The lowest BCUT2D eigenvalue weighted by Crippen LogP contribution is -2.28. The van der Waals surface area contributed by atoms with Gasteiger partial charge in [0.15, 0.2) is 0 Å². The number of hydrogen-bond acceptors (Lipinski definition) is 2. The van der Waals surface area contributed by atoms with Gasteiger partial charge in [0.25, 0.3) is 0 Å². The lowest BCUT2D eigenvalue weighted by atomic mass is 9.82. The molecule has 150 valence electrons. The first-order chi connectivity index (χ1) is 12.6. The fourth-order valence-electron chi connectivity index (χ4n) is 5.21. The van der Waals surface area contributed by atoms with Crippen molar-refractivity contribution in [2.24, 2.45) is 17.3 Å². The highest BCUT2D eigenvalue weighted by Gasteiger charge is 2.36. The Hall–Kier alpha value is -0.0800. The molecule has 3 saturated carbocycles. The van der Waals surface area contributed by atoms with Gasteiger partial charge < -0.3 is 9.47 Å². The summed E-state index contributed by atoms with van der Waals surface area (Å²) in [4.78, 5) is 0. The molecule has 0 N–H and O–H groups in total. The second-order valence-electron chi connectivity index (χ2n) is 10.1. The van der Waals surface area contributed by atoms with Crippen molar-refractivity contribution in [3.8, 4) is 0 Å². The molecule has 4 aliphatic rings. The predicted octanol–water partition coefficient (Wildman–Crippen LogP) is 7.23. The van der Waals surface area contributed by atoms with Crippen LogP contribution in [0.4, 0.5) is 0 Å². The van der Waals surface area contributed by atoms with Crippen LogP contribution in [0.25, 0.3) is 0 Å². The third-order valence-electron chi connectivity index (χ3n) is 7.15. The van der Waals surface area contributed by atoms with Crippen LogP contribution in [-0.4, -0.2) is 12.2 Å². The van der Waals surface area contributed by atoms with Crippen LogP contribution in [0.15, 0.2) is 0 Å². The molecule has 2 nitrogen and oxygen atoms in total. The van der Waals surface area contributed by atoms with Gasteiger partial charge in [0.2, 0.25) is 6.29 Å². The van der Waals surface area contributed by atoms with Gasteiger partial charge >= 0.3 is 0 Å². The van der Waals surface area contributed by atoms with Crippen molar-refractivity contribution in [2.75, 3.05) is 0 Å². The van der Waals surface area contributed by atoms with E-state index in [1.54, 1.807) is 0 Å². The van der Waals surface area contributed by atoms with Gasteiger partial charge in [-0.15, -0.1) is 0 Å². The van der Waals surface area contributed by atoms with E-state index in [1.807, 2.05) is 0 Å². The van der Waals surface area contributed by atoms with Crippen molar-refractivity contribution >= 4 is 0 Å². The summed E-state index contributed by atoms with van der Waals surface area (Å²) in [6.45, 7) is 8.72. The molecule has 0 spiro atoms. The minimum absolute atomic E-state index is 0.158. The zero-order valence-electron chi connectivity index (χ0n) is 17.4. The molecule has 2 heteroatoms. The Kier molecular flexibility index (Phi) is 7.88. The van der Waals surface area contributed by atoms with E-state index < -0.39 is 0 Å². The Morgan fingerprint density at radius 1 is 0.846 bits per heavy atom. The monoisotopic (exact) mass is 362 g/mol. The largest absolute Gasteiger partial charge is 0.342 e. The van der Waals surface area contributed by atoms with Crippen molar-refractivity contribution < 1.29 is 9.47 Å². The Morgan fingerprint density at radius 3 is 2.15 bits per heavy atom. The molecule has 0 amide bonds. The summed E-state index contributed by atoms with van der Waals surface area (Å²) >= 11 is 0.